The minimum atomic E-state index is 0.221. The van der Waals surface area contributed by atoms with Crippen LogP contribution in [0.15, 0.2) is 0 Å². The Morgan fingerprint density at radius 1 is 1.05 bits per heavy atom. The van der Waals surface area contributed by atoms with Gasteiger partial charge in [0.05, 0.1) is 12.7 Å². The van der Waals surface area contributed by atoms with Gasteiger partial charge in [0.25, 0.3) is 0 Å². The molecule has 1 N–H and O–H groups in total. The first-order chi connectivity index (χ1) is 9.19. The molecule has 0 aliphatic heterocycles. The van der Waals surface area contributed by atoms with Gasteiger partial charge in [0.15, 0.2) is 0 Å². The summed E-state index contributed by atoms with van der Waals surface area (Å²) >= 11 is 0. The van der Waals surface area contributed by atoms with E-state index in [9.17, 15) is 0 Å². The first-order valence-electron chi connectivity index (χ1n) is 8.55. The van der Waals surface area contributed by atoms with E-state index >= 15 is 0 Å². The molecule has 0 aromatic rings. The molecule has 0 aromatic heterocycles. The molecule has 2 heteroatoms. The molecule has 1 aliphatic carbocycles. The Bertz CT molecular complexity index is 267. The fourth-order valence-corrected chi connectivity index (χ4v) is 3.19. The highest BCUT2D eigenvalue weighted by Gasteiger charge is 2.32. The maximum atomic E-state index is 5.94. The lowest BCUT2D eigenvalue weighted by Gasteiger charge is -2.39. The second kappa shape index (κ2) is 7.79. The van der Waals surface area contributed by atoms with Crippen LogP contribution in [0.25, 0.3) is 0 Å². The van der Waals surface area contributed by atoms with Crippen LogP contribution in [0.2, 0.25) is 0 Å². The van der Waals surface area contributed by atoms with E-state index in [1.807, 2.05) is 0 Å². The summed E-state index contributed by atoms with van der Waals surface area (Å²) in [4.78, 5) is 0. The van der Waals surface area contributed by atoms with E-state index in [-0.39, 0.29) is 5.54 Å². The molecule has 3 unspecified atom stereocenters. The number of ether oxygens (including phenoxy) is 1. The van der Waals surface area contributed by atoms with Crippen LogP contribution in [-0.2, 0) is 4.74 Å². The van der Waals surface area contributed by atoms with Gasteiger partial charge in [-0.1, -0.05) is 13.8 Å². The van der Waals surface area contributed by atoms with Crippen molar-refractivity contribution < 1.29 is 4.74 Å². The maximum Gasteiger partial charge on any atom is 0.0519 e. The van der Waals surface area contributed by atoms with Crippen molar-refractivity contribution in [2.45, 2.75) is 79.4 Å². The number of hydrogen-bond donors (Lipinski definition) is 1. The third kappa shape index (κ3) is 6.58. The number of hydrogen-bond acceptors (Lipinski definition) is 2. The van der Waals surface area contributed by atoms with Gasteiger partial charge < -0.3 is 10.1 Å². The van der Waals surface area contributed by atoms with E-state index < -0.39 is 0 Å². The summed E-state index contributed by atoms with van der Waals surface area (Å²) in [5.74, 6) is 3.21. The zero-order valence-electron chi connectivity index (χ0n) is 14.8. The molecule has 0 saturated heterocycles. The van der Waals surface area contributed by atoms with Crippen LogP contribution in [0.1, 0.15) is 67.7 Å². The molecule has 1 saturated carbocycles. The van der Waals surface area contributed by atoms with Crippen molar-refractivity contribution in [2.75, 3.05) is 13.2 Å². The first kappa shape index (κ1) is 18.0. The molecule has 20 heavy (non-hydrogen) atoms. The van der Waals surface area contributed by atoms with Crippen LogP contribution in [0.4, 0.5) is 0 Å². The number of rotatable bonds is 6. The molecular weight excluding hydrogens is 246 g/mol. The van der Waals surface area contributed by atoms with Crippen molar-refractivity contribution in [2.24, 2.45) is 23.7 Å². The van der Waals surface area contributed by atoms with Gasteiger partial charge in [0.2, 0.25) is 0 Å². The van der Waals surface area contributed by atoms with Crippen LogP contribution >= 0.6 is 0 Å². The van der Waals surface area contributed by atoms with Crippen LogP contribution in [-0.4, -0.2) is 24.8 Å². The minimum absolute atomic E-state index is 0.221. The van der Waals surface area contributed by atoms with Crippen molar-refractivity contribution in [3.8, 4) is 0 Å². The van der Waals surface area contributed by atoms with Crippen molar-refractivity contribution >= 4 is 0 Å². The Kier molecular flexibility index (Phi) is 7.00. The third-order valence-electron chi connectivity index (χ3n) is 4.66. The molecule has 0 spiro atoms. The highest BCUT2D eigenvalue weighted by Crippen LogP contribution is 2.37. The van der Waals surface area contributed by atoms with Gasteiger partial charge in [-0.15, -0.1) is 0 Å². The van der Waals surface area contributed by atoms with E-state index in [1.54, 1.807) is 0 Å². The van der Waals surface area contributed by atoms with E-state index in [1.165, 1.54) is 19.3 Å². The van der Waals surface area contributed by atoms with Gasteiger partial charge in [-0.25, -0.2) is 0 Å². The molecule has 0 aromatic carbocycles. The molecule has 0 bridgehead atoms. The summed E-state index contributed by atoms with van der Waals surface area (Å²) < 4.78 is 5.94. The Balaban J connectivity index is 2.56. The van der Waals surface area contributed by atoms with Crippen molar-refractivity contribution in [1.82, 2.24) is 5.32 Å². The SMILES string of the molecule is CC(C)OCC1CC(C(C)C)CCC1CNC(C)(C)C. The van der Waals surface area contributed by atoms with Crippen molar-refractivity contribution in [3.63, 3.8) is 0 Å². The molecule has 0 amide bonds. The van der Waals surface area contributed by atoms with Gasteiger partial charge in [-0.05, 0) is 84.1 Å². The first-order valence-corrected chi connectivity index (χ1v) is 8.55. The topological polar surface area (TPSA) is 21.3 Å². The van der Waals surface area contributed by atoms with Crippen LogP contribution in [0.3, 0.4) is 0 Å². The Morgan fingerprint density at radius 2 is 1.70 bits per heavy atom. The largest absolute Gasteiger partial charge is 0.378 e. The predicted octanol–water partition coefficient (Wildman–Crippen LogP) is 4.49. The quantitative estimate of drug-likeness (QED) is 0.775. The predicted molar refractivity (Wildman–Crippen MR) is 88.0 cm³/mol. The summed E-state index contributed by atoms with van der Waals surface area (Å²) in [6.07, 6.45) is 4.45. The molecule has 0 heterocycles. The average Bonchev–Trinajstić information content (AvgIpc) is 2.33. The van der Waals surface area contributed by atoms with Crippen molar-refractivity contribution in [3.05, 3.63) is 0 Å². The number of nitrogens with one attached hydrogen (secondary N) is 1. The Morgan fingerprint density at radius 3 is 2.20 bits per heavy atom. The zero-order chi connectivity index (χ0) is 15.3. The highest BCUT2D eigenvalue weighted by atomic mass is 16.5. The van der Waals surface area contributed by atoms with E-state index in [2.05, 4.69) is 53.8 Å². The summed E-state index contributed by atoms with van der Waals surface area (Å²) in [5, 5.41) is 3.70. The maximum absolute atomic E-state index is 5.94. The standard InChI is InChI=1S/C18H37NO/c1-13(2)15-8-9-16(11-19-18(5,6)7)17(10-15)12-20-14(3)4/h13-17,19H,8-12H2,1-7H3. The van der Waals surface area contributed by atoms with Gasteiger partial charge in [-0.2, -0.15) is 0 Å². The minimum Gasteiger partial charge on any atom is -0.378 e. The smallest absolute Gasteiger partial charge is 0.0519 e. The van der Waals surface area contributed by atoms with E-state index in [4.69, 9.17) is 4.74 Å². The van der Waals surface area contributed by atoms with E-state index in [0.29, 0.717) is 6.10 Å². The highest BCUT2D eigenvalue weighted by molar-refractivity contribution is 4.84. The summed E-state index contributed by atoms with van der Waals surface area (Å²) in [6, 6.07) is 0. The average molecular weight is 284 g/mol. The summed E-state index contributed by atoms with van der Waals surface area (Å²) in [7, 11) is 0. The molecule has 0 radical (unpaired) electrons. The fraction of sp³-hybridized carbons (Fsp3) is 1.00. The zero-order valence-corrected chi connectivity index (χ0v) is 14.8. The van der Waals surface area contributed by atoms with Crippen LogP contribution < -0.4 is 5.32 Å². The molecule has 2 nitrogen and oxygen atoms in total. The second-order valence-electron chi connectivity index (χ2n) is 8.35. The normalized spacial score (nSPS) is 28.4. The molecule has 1 rings (SSSR count). The van der Waals surface area contributed by atoms with Crippen molar-refractivity contribution in [1.29, 1.82) is 0 Å². The van der Waals surface area contributed by atoms with Gasteiger partial charge in [0, 0.05) is 5.54 Å². The van der Waals surface area contributed by atoms with Gasteiger partial charge in [0.1, 0.15) is 0 Å². The fourth-order valence-electron chi connectivity index (χ4n) is 3.19. The lowest BCUT2D eigenvalue weighted by molar-refractivity contribution is 0.00644. The molecule has 1 fully saturated rings. The summed E-state index contributed by atoms with van der Waals surface area (Å²) in [6.45, 7) is 17.9. The Hall–Kier alpha value is -0.0800. The Labute approximate surface area is 127 Å². The van der Waals surface area contributed by atoms with E-state index in [0.717, 1.165) is 36.8 Å². The second-order valence-corrected chi connectivity index (χ2v) is 8.35. The van der Waals surface area contributed by atoms with Gasteiger partial charge in [-0.3, -0.25) is 0 Å². The molecule has 1 aliphatic rings. The van der Waals surface area contributed by atoms with Crippen LogP contribution in [0.5, 0.6) is 0 Å². The molecular formula is C18H37NO. The monoisotopic (exact) mass is 283 g/mol. The molecule has 3 atom stereocenters. The van der Waals surface area contributed by atoms with Crippen LogP contribution in [0, 0.1) is 23.7 Å². The summed E-state index contributed by atoms with van der Waals surface area (Å²) in [5.41, 5.74) is 0.221. The lowest BCUT2D eigenvalue weighted by atomic mass is 9.70. The molecule has 120 valence electrons. The van der Waals surface area contributed by atoms with Gasteiger partial charge >= 0.3 is 0 Å². The third-order valence-corrected chi connectivity index (χ3v) is 4.66. The lowest BCUT2D eigenvalue weighted by Crippen LogP contribution is -2.43.